The zero-order valence-corrected chi connectivity index (χ0v) is 10.7. The highest BCUT2D eigenvalue weighted by atomic mass is 16.2. The average molecular weight is 226 g/mol. The molecule has 0 spiro atoms. The maximum atomic E-state index is 8.86. The Morgan fingerprint density at radius 1 is 1.25 bits per heavy atom. The van der Waals surface area contributed by atoms with Gasteiger partial charge in [-0.2, -0.15) is 0 Å². The lowest BCUT2D eigenvalue weighted by atomic mass is 10.1. The largest absolute Gasteiger partial charge is 0.396 e. The van der Waals surface area contributed by atoms with Crippen LogP contribution in [0.25, 0.3) is 0 Å². The van der Waals surface area contributed by atoms with E-state index >= 15 is 0 Å². The number of nitrogens with zero attached hydrogens (tertiary/aromatic N) is 2. The molecule has 0 amide bonds. The van der Waals surface area contributed by atoms with E-state index < -0.39 is 0 Å². The van der Waals surface area contributed by atoms with Gasteiger partial charge in [-0.1, -0.05) is 0 Å². The fourth-order valence-corrected chi connectivity index (χ4v) is 2.88. The summed E-state index contributed by atoms with van der Waals surface area (Å²) in [4.78, 5) is 5.20. The van der Waals surface area contributed by atoms with E-state index in [1.165, 1.54) is 32.4 Å². The Kier molecular flexibility index (Phi) is 4.22. The maximum Gasteiger partial charge on any atom is 0.0431 e. The van der Waals surface area contributed by atoms with Gasteiger partial charge in [-0.05, 0) is 52.6 Å². The third-order valence-electron chi connectivity index (χ3n) is 4.17. The molecule has 1 aliphatic carbocycles. The van der Waals surface area contributed by atoms with Crippen molar-refractivity contribution in [3.05, 3.63) is 0 Å². The van der Waals surface area contributed by atoms with E-state index in [0.717, 1.165) is 31.0 Å². The van der Waals surface area contributed by atoms with Gasteiger partial charge in [-0.25, -0.2) is 0 Å². The Morgan fingerprint density at radius 2 is 2.00 bits per heavy atom. The third-order valence-corrected chi connectivity index (χ3v) is 4.17. The maximum absolute atomic E-state index is 8.86. The van der Waals surface area contributed by atoms with Gasteiger partial charge in [0.2, 0.25) is 0 Å². The summed E-state index contributed by atoms with van der Waals surface area (Å²) in [7, 11) is 2.24. The normalized spacial score (nSPS) is 31.5. The molecule has 2 rings (SSSR count). The van der Waals surface area contributed by atoms with Crippen molar-refractivity contribution in [3.8, 4) is 0 Å². The summed E-state index contributed by atoms with van der Waals surface area (Å²) < 4.78 is 0. The first kappa shape index (κ1) is 12.3. The number of likely N-dealkylation sites (tertiary alicyclic amines) is 1. The number of likely N-dealkylation sites (N-methyl/N-ethyl adjacent to an activating group) is 1. The van der Waals surface area contributed by atoms with Crippen molar-refractivity contribution in [1.82, 2.24) is 9.80 Å². The summed E-state index contributed by atoms with van der Waals surface area (Å²) in [5.74, 6) is 0. The zero-order valence-electron chi connectivity index (χ0n) is 10.7. The van der Waals surface area contributed by atoms with Crippen LogP contribution in [0, 0.1) is 0 Å². The molecule has 94 valence electrons. The van der Waals surface area contributed by atoms with E-state index in [1.807, 2.05) is 0 Å². The van der Waals surface area contributed by atoms with Crippen LogP contribution < -0.4 is 0 Å². The topological polar surface area (TPSA) is 26.7 Å². The highest BCUT2D eigenvalue weighted by Gasteiger charge is 2.37. The van der Waals surface area contributed by atoms with Gasteiger partial charge in [0.05, 0.1) is 0 Å². The van der Waals surface area contributed by atoms with Gasteiger partial charge in [0.25, 0.3) is 0 Å². The lowest BCUT2D eigenvalue weighted by Gasteiger charge is -2.28. The highest BCUT2D eigenvalue weighted by Crippen LogP contribution is 2.32. The highest BCUT2D eigenvalue weighted by molar-refractivity contribution is 4.94. The smallest absolute Gasteiger partial charge is 0.0431 e. The summed E-state index contributed by atoms with van der Waals surface area (Å²) in [6.07, 6.45) is 6.23. The van der Waals surface area contributed by atoms with Crippen LogP contribution in [0.2, 0.25) is 0 Å². The Hall–Kier alpha value is -0.120. The van der Waals surface area contributed by atoms with Crippen molar-refractivity contribution >= 4 is 0 Å². The fourth-order valence-electron chi connectivity index (χ4n) is 2.88. The molecular weight excluding hydrogens is 200 g/mol. The zero-order chi connectivity index (χ0) is 11.5. The molecular formula is C13H26N2O. The molecule has 1 saturated heterocycles. The molecule has 0 bridgehead atoms. The van der Waals surface area contributed by atoms with Crippen LogP contribution in [0.15, 0.2) is 0 Å². The lowest BCUT2D eigenvalue weighted by molar-refractivity contribution is 0.177. The van der Waals surface area contributed by atoms with E-state index in [1.54, 1.807) is 0 Å². The molecule has 2 atom stereocenters. The molecule has 1 saturated carbocycles. The molecule has 3 nitrogen and oxygen atoms in total. The van der Waals surface area contributed by atoms with Crippen LogP contribution in [0.4, 0.5) is 0 Å². The fraction of sp³-hybridized carbons (Fsp3) is 1.00. The molecule has 2 aliphatic rings. The molecule has 0 radical (unpaired) electrons. The van der Waals surface area contributed by atoms with Gasteiger partial charge in [-0.3, -0.25) is 4.90 Å². The second kappa shape index (κ2) is 5.48. The summed E-state index contributed by atoms with van der Waals surface area (Å²) in [6.45, 7) is 5.10. The molecule has 1 N–H and O–H groups in total. The number of aliphatic hydroxyl groups excluding tert-OH is 1. The predicted molar refractivity (Wildman–Crippen MR) is 66.5 cm³/mol. The minimum Gasteiger partial charge on any atom is -0.396 e. The number of rotatable bonds is 6. The first-order valence-electron chi connectivity index (χ1n) is 6.79. The van der Waals surface area contributed by atoms with Crippen LogP contribution in [0.3, 0.4) is 0 Å². The standard InChI is InChI=1S/C13H26N2O/c1-11-9-13(10-14(11)2)15(12-5-6-12)7-3-4-8-16/h11-13,16H,3-10H2,1-2H3. The molecule has 16 heavy (non-hydrogen) atoms. The first-order valence-corrected chi connectivity index (χ1v) is 6.79. The Bertz CT molecular complexity index is 208. The van der Waals surface area contributed by atoms with Crippen molar-refractivity contribution in [2.75, 3.05) is 26.7 Å². The van der Waals surface area contributed by atoms with E-state index in [-0.39, 0.29) is 0 Å². The van der Waals surface area contributed by atoms with Gasteiger partial charge in [-0.15, -0.1) is 0 Å². The Labute approximate surface area is 99.4 Å². The monoisotopic (exact) mass is 226 g/mol. The number of unbranched alkanes of at least 4 members (excludes halogenated alkanes) is 1. The van der Waals surface area contributed by atoms with Crippen LogP contribution in [-0.2, 0) is 0 Å². The Balaban J connectivity index is 1.82. The molecule has 2 fully saturated rings. The van der Waals surface area contributed by atoms with Gasteiger partial charge in [0.1, 0.15) is 0 Å². The molecule has 1 heterocycles. The van der Waals surface area contributed by atoms with Crippen LogP contribution in [0.1, 0.15) is 39.0 Å². The van der Waals surface area contributed by atoms with Crippen LogP contribution in [0.5, 0.6) is 0 Å². The minimum absolute atomic E-state index is 0.347. The first-order chi connectivity index (χ1) is 7.72. The van der Waals surface area contributed by atoms with E-state index in [0.29, 0.717) is 6.61 Å². The van der Waals surface area contributed by atoms with Crippen molar-refractivity contribution < 1.29 is 5.11 Å². The molecule has 0 aromatic rings. The SMILES string of the molecule is CC1CC(N(CCCCO)C2CC2)CN1C. The molecule has 3 heteroatoms. The summed E-state index contributed by atoms with van der Waals surface area (Å²) in [6, 6.07) is 2.37. The van der Waals surface area contributed by atoms with Crippen molar-refractivity contribution in [3.63, 3.8) is 0 Å². The molecule has 2 unspecified atom stereocenters. The average Bonchev–Trinajstić information content (AvgIpc) is 3.02. The molecule has 1 aliphatic heterocycles. The van der Waals surface area contributed by atoms with Crippen molar-refractivity contribution in [1.29, 1.82) is 0 Å². The minimum atomic E-state index is 0.347. The predicted octanol–water partition coefficient (Wildman–Crippen LogP) is 1.32. The summed E-state index contributed by atoms with van der Waals surface area (Å²) in [5, 5.41) is 8.86. The van der Waals surface area contributed by atoms with E-state index in [2.05, 4.69) is 23.8 Å². The number of hydrogen-bond acceptors (Lipinski definition) is 3. The number of aliphatic hydroxyl groups is 1. The van der Waals surface area contributed by atoms with Crippen LogP contribution >= 0.6 is 0 Å². The van der Waals surface area contributed by atoms with Gasteiger partial charge in [0.15, 0.2) is 0 Å². The van der Waals surface area contributed by atoms with Crippen molar-refractivity contribution in [2.45, 2.75) is 57.2 Å². The number of hydrogen-bond donors (Lipinski definition) is 1. The molecule has 0 aromatic carbocycles. The van der Waals surface area contributed by atoms with E-state index in [4.69, 9.17) is 5.11 Å². The second-order valence-electron chi connectivity index (χ2n) is 5.58. The van der Waals surface area contributed by atoms with Gasteiger partial charge < -0.3 is 10.0 Å². The van der Waals surface area contributed by atoms with E-state index in [9.17, 15) is 0 Å². The van der Waals surface area contributed by atoms with Gasteiger partial charge >= 0.3 is 0 Å². The second-order valence-corrected chi connectivity index (χ2v) is 5.58. The lowest BCUT2D eigenvalue weighted by Crippen LogP contribution is -2.39. The van der Waals surface area contributed by atoms with Crippen LogP contribution in [-0.4, -0.2) is 59.8 Å². The van der Waals surface area contributed by atoms with Gasteiger partial charge in [0, 0.05) is 31.3 Å². The third kappa shape index (κ3) is 2.96. The molecule has 0 aromatic heterocycles. The quantitative estimate of drug-likeness (QED) is 0.692. The van der Waals surface area contributed by atoms with Crippen molar-refractivity contribution in [2.24, 2.45) is 0 Å². The summed E-state index contributed by atoms with van der Waals surface area (Å²) >= 11 is 0. The summed E-state index contributed by atoms with van der Waals surface area (Å²) in [5.41, 5.74) is 0. The Morgan fingerprint density at radius 3 is 2.50 bits per heavy atom.